The molecule has 1 aliphatic rings. The molecule has 0 aliphatic carbocycles. The smallest absolute Gasteiger partial charge is 0.262 e. The average molecular weight is 397 g/mol. The number of rotatable bonds is 4. The summed E-state index contributed by atoms with van der Waals surface area (Å²) in [5.41, 5.74) is 3.83. The molecule has 1 amide bonds. The number of benzene rings is 3. The van der Waals surface area contributed by atoms with Crippen LogP contribution in [0.2, 0.25) is 0 Å². The first-order chi connectivity index (χ1) is 14.3. The van der Waals surface area contributed by atoms with Crippen molar-refractivity contribution >= 4 is 28.6 Å². The third kappa shape index (κ3) is 3.22. The summed E-state index contributed by atoms with van der Waals surface area (Å²) in [6, 6.07) is 32.5. The third-order valence-corrected chi connectivity index (χ3v) is 6.14. The summed E-state index contributed by atoms with van der Waals surface area (Å²) in [4.78, 5) is 19.0. The minimum absolute atomic E-state index is 0.0366. The van der Waals surface area contributed by atoms with Gasteiger partial charge in [0.2, 0.25) is 0 Å². The Labute approximate surface area is 174 Å². The van der Waals surface area contributed by atoms with Gasteiger partial charge in [-0.25, -0.2) is 0 Å². The van der Waals surface area contributed by atoms with Gasteiger partial charge >= 0.3 is 0 Å². The highest BCUT2D eigenvalue weighted by atomic mass is 32.1. The van der Waals surface area contributed by atoms with Gasteiger partial charge < -0.3 is 4.90 Å². The van der Waals surface area contributed by atoms with Gasteiger partial charge in [0.05, 0.1) is 11.3 Å². The molecule has 4 aromatic rings. The number of carbonyl (C=O) groups excluding carboxylic acids is 1. The van der Waals surface area contributed by atoms with Crippen LogP contribution in [0.4, 0.5) is 11.4 Å². The highest BCUT2D eigenvalue weighted by Gasteiger charge is 2.39. The number of carbonyl (C=O) groups is 1. The Kier molecular flexibility index (Phi) is 4.62. The summed E-state index contributed by atoms with van der Waals surface area (Å²) >= 11 is 1.68. The normalized spacial score (nSPS) is 16.0. The number of thiophene rings is 1. The van der Waals surface area contributed by atoms with E-state index in [-0.39, 0.29) is 12.1 Å². The fourth-order valence-electron chi connectivity index (χ4n) is 3.93. The van der Waals surface area contributed by atoms with Crippen LogP contribution in [0.3, 0.4) is 0 Å². The first-order valence-electron chi connectivity index (χ1n) is 9.64. The van der Waals surface area contributed by atoms with Gasteiger partial charge in [0, 0.05) is 17.1 Å². The van der Waals surface area contributed by atoms with Gasteiger partial charge in [-0.15, -0.1) is 11.3 Å². The van der Waals surface area contributed by atoms with Gasteiger partial charge in [-0.05, 0) is 41.3 Å². The maximum Gasteiger partial charge on any atom is 0.262 e. The van der Waals surface area contributed by atoms with Gasteiger partial charge in [0.1, 0.15) is 6.17 Å². The Morgan fingerprint density at radius 1 is 0.759 bits per heavy atom. The number of hydrogen-bond acceptors (Lipinski definition) is 3. The standard InChI is InChI=1S/C25H20N2OS/c28-25-21-14-7-8-15-22(21)26(18-19-10-3-1-4-11-19)24(23-16-9-17-29-23)27(25)20-12-5-2-6-13-20/h1-17,24H,18H2/t24-/m0/s1. The van der Waals surface area contributed by atoms with Crippen molar-refractivity contribution in [3.63, 3.8) is 0 Å². The fourth-order valence-corrected chi connectivity index (χ4v) is 4.76. The zero-order valence-electron chi connectivity index (χ0n) is 15.8. The SMILES string of the molecule is O=C1c2ccccc2N(Cc2ccccc2)[C@H](c2cccs2)N1c1ccccc1. The summed E-state index contributed by atoms with van der Waals surface area (Å²) in [6.07, 6.45) is -0.194. The van der Waals surface area contributed by atoms with E-state index in [1.54, 1.807) is 11.3 Å². The highest BCUT2D eigenvalue weighted by molar-refractivity contribution is 7.10. The van der Waals surface area contributed by atoms with Gasteiger partial charge in [-0.2, -0.15) is 0 Å². The number of anilines is 2. The zero-order chi connectivity index (χ0) is 19.6. The van der Waals surface area contributed by atoms with Crippen LogP contribution in [-0.4, -0.2) is 5.91 Å². The van der Waals surface area contributed by atoms with Crippen LogP contribution in [0.5, 0.6) is 0 Å². The van der Waals surface area contributed by atoms with E-state index >= 15 is 0 Å². The summed E-state index contributed by atoms with van der Waals surface area (Å²) < 4.78 is 0. The lowest BCUT2D eigenvalue weighted by Crippen LogP contribution is -2.49. The Bertz CT molecular complexity index is 1110. The molecule has 1 atom stereocenters. The van der Waals surface area contributed by atoms with E-state index in [1.165, 1.54) is 5.56 Å². The first-order valence-corrected chi connectivity index (χ1v) is 10.5. The van der Waals surface area contributed by atoms with Crippen LogP contribution < -0.4 is 9.80 Å². The van der Waals surface area contributed by atoms with Crippen LogP contribution in [0.15, 0.2) is 102 Å². The molecule has 2 heterocycles. The molecule has 0 saturated carbocycles. The van der Waals surface area contributed by atoms with Crippen LogP contribution in [0.25, 0.3) is 0 Å². The molecule has 0 radical (unpaired) electrons. The molecule has 0 fully saturated rings. The highest BCUT2D eigenvalue weighted by Crippen LogP contribution is 2.43. The van der Waals surface area contributed by atoms with Crippen molar-refractivity contribution in [2.45, 2.75) is 12.7 Å². The molecular formula is C25H20N2OS. The van der Waals surface area contributed by atoms with Crippen LogP contribution in [0, 0.1) is 0 Å². The summed E-state index contributed by atoms with van der Waals surface area (Å²) in [5.74, 6) is 0.0366. The molecule has 142 valence electrons. The summed E-state index contributed by atoms with van der Waals surface area (Å²) in [5, 5.41) is 2.07. The lowest BCUT2D eigenvalue weighted by Gasteiger charge is -2.45. The van der Waals surface area contributed by atoms with E-state index in [1.807, 2.05) is 59.5 Å². The average Bonchev–Trinajstić information content (AvgIpc) is 3.31. The monoisotopic (exact) mass is 396 g/mol. The number of para-hydroxylation sites is 2. The van der Waals surface area contributed by atoms with Crippen LogP contribution in [-0.2, 0) is 6.54 Å². The van der Waals surface area contributed by atoms with Crippen molar-refractivity contribution in [2.75, 3.05) is 9.80 Å². The molecule has 3 aromatic carbocycles. The van der Waals surface area contributed by atoms with Crippen LogP contribution >= 0.6 is 11.3 Å². The Balaban J connectivity index is 1.71. The Morgan fingerprint density at radius 2 is 1.45 bits per heavy atom. The third-order valence-electron chi connectivity index (χ3n) is 5.23. The van der Waals surface area contributed by atoms with E-state index in [9.17, 15) is 4.79 Å². The molecule has 1 aliphatic heterocycles. The molecule has 4 heteroatoms. The van der Waals surface area contributed by atoms with E-state index < -0.39 is 0 Å². The molecule has 0 unspecified atom stereocenters. The van der Waals surface area contributed by atoms with E-state index in [2.05, 4.69) is 52.7 Å². The second-order valence-corrected chi connectivity index (χ2v) is 8.01. The van der Waals surface area contributed by atoms with Gasteiger partial charge in [-0.1, -0.05) is 66.7 Å². The van der Waals surface area contributed by atoms with E-state index in [0.29, 0.717) is 0 Å². The van der Waals surface area contributed by atoms with E-state index in [4.69, 9.17) is 0 Å². The minimum atomic E-state index is -0.194. The van der Waals surface area contributed by atoms with Crippen molar-refractivity contribution in [1.82, 2.24) is 0 Å². The molecule has 3 nitrogen and oxygen atoms in total. The predicted octanol–water partition coefficient (Wildman–Crippen LogP) is 6.11. The number of nitrogens with zero attached hydrogens (tertiary/aromatic N) is 2. The topological polar surface area (TPSA) is 23.6 Å². The second kappa shape index (κ2) is 7.57. The number of hydrogen-bond donors (Lipinski definition) is 0. The molecule has 1 aromatic heterocycles. The number of fused-ring (bicyclic) bond motifs is 1. The maximum atomic E-state index is 13.6. The number of amides is 1. The van der Waals surface area contributed by atoms with Gasteiger partial charge in [-0.3, -0.25) is 9.69 Å². The molecule has 29 heavy (non-hydrogen) atoms. The maximum absolute atomic E-state index is 13.6. The second-order valence-electron chi connectivity index (χ2n) is 7.03. The van der Waals surface area contributed by atoms with Crippen molar-refractivity contribution in [1.29, 1.82) is 0 Å². The molecule has 0 N–H and O–H groups in total. The van der Waals surface area contributed by atoms with Crippen molar-refractivity contribution < 1.29 is 4.79 Å². The van der Waals surface area contributed by atoms with Gasteiger partial charge in [0.15, 0.2) is 0 Å². The molecule has 0 saturated heterocycles. The molecule has 0 spiro atoms. The van der Waals surface area contributed by atoms with E-state index in [0.717, 1.165) is 28.4 Å². The lowest BCUT2D eigenvalue weighted by atomic mass is 10.0. The zero-order valence-corrected chi connectivity index (χ0v) is 16.6. The predicted molar refractivity (Wildman–Crippen MR) is 119 cm³/mol. The Hall–Kier alpha value is -3.37. The van der Waals surface area contributed by atoms with Crippen LogP contribution in [0.1, 0.15) is 27.0 Å². The summed E-state index contributed by atoms with van der Waals surface area (Å²) in [7, 11) is 0. The lowest BCUT2D eigenvalue weighted by molar-refractivity contribution is 0.0968. The van der Waals surface area contributed by atoms with Gasteiger partial charge in [0.25, 0.3) is 5.91 Å². The first kappa shape index (κ1) is 17.7. The molecular weight excluding hydrogens is 376 g/mol. The minimum Gasteiger partial charge on any atom is -0.341 e. The van der Waals surface area contributed by atoms with Crippen molar-refractivity contribution in [3.8, 4) is 0 Å². The Morgan fingerprint density at radius 3 is 2.17 bits per heavy atom. The quantitative estimate of drug-likeness (QED) is 0.415. The summed E-state index contributed by atoms with van der Waals surface area (Å²) in [6.45, 7) is 0.719. The fraction of sp³-hybridized carbons (Fsp3) is 0.0800. The van der Waals surface area contributed by atoms with Crippen molar-refractivity contribution in [3.05, 3.63) is 118 Å². The largest absolute Gasteiger partial charge is 0.341 e. The van der Waals surface area contributed by atoms with Crippen molar-refractivity contribution in [2.24, 2.45) is 0 Å². The molecule has 0 bridgehead atoms. The molecule has 5 rings (SSSR count).